The topological polar surface area (TPSA) is 58.9 Å². The minimum Gasteiger partial charge on any atom is -0.367 e. The molecule has 0 aliphatic carbocycles. The van der Waals surface area contributed by atoms with Gasteiger partial charge in [-0.25, -0.2) is 14.4 Å². The van der Waals surface area contributed by atoms with E-state index >= 15 is 0 Å². The number of halogens is 1. The SMILES string of the molecule is Cn1ncc2c(NC3CCN(Cc4ccccc4F)CC3)ncnc21. The predicted molar refractivity (Wildman–Crippen MR) is 94.6 cm³/mol. The Morgan fingerprint density at radius 1 is 1.20 bits per heavy atom. The Morgan fingerprint density at radius 3 is 2.80 bits per heavy atom. The van der Waals surface area contributed by atoms with E-state index < -0.39 is 0 Å². The van der Waals surface area contributed by atoms with E-state index in [9.17, 15) is 4.39 Å². The highest BCUT2D eigenvalue weighted by molar-refractivity contribution is 5.86. The van der Waals surface area contributed by atoms with Crippen molar-refractivity contribution in [3.05, 3.63) is 48.2 Å². The van der Waals surface area contributed by atoms with Gasteiger partial charge in [-0.15, -0.1) is 0 Å². The maximum atomic E-state index is 13.8. The van der Waals surface area contributed by atoms with E-state index in [-0.39, 0.29) is 5.82 Å². The number of benzene rings is 1. The Bertz CT molecular complexity index is 869. The van der Waals surface area contributed by atoms with Crippen molar-refractivity contribution in [1.29, 1.82) is 0 Å². The van der Waals surface area contributed by atoms with E-state index in [1.165, 1.54) is 6.07 Å². The summed E-state index contributed by atoms with van der Waals surface area (Å²) in [5, 5.41) is 8.72. The van der Waals surface area contributed by atoms with Gasteiger partial charge in [-0.3, -0.25) is 9.58 Å². The zero-order valence-electron chi connectivity index (χ0n) is 14.2. The van der Waals surface area contributed by atoms with Gasteiger partial charge >= 0.3 is 0 Å². The summed E-state index contributed by atoms with van der Waals surface area (Å²) in [6, 6.07) is 7.37. The number of nitrogens with zero attached hydrogens (tertiary/aromatic N) is 5. The van der Waals surface area contributed by atoms with Crippen LogP contribution in [0.1, 0.15) is 18.4 Å². The fourth-order valence-corrected chi connectivity index (χ4v) is 3.37. The molecule has 0 radical (unpaired) electrons. The first-order valence-electron chi connectivity index (χ1n) is 8.56. The van der Waals surface area contributed by atoms with Crippen LogP contribution in [0.3, 0.4) is 0 Å². The van der Waals surface area contributed by atoms with Crippen molar-refractivity contribution in [3.8, 4) is 0 Å². The fourth-order valence-electron chi connectivity index (χ4n) is 3.37. The molecule has 0 amide bonds. The highest BCUT2D eigenvalue weighted by Crippen LogP contribution is 2.22. The second-order valence-electron chi connectivity index (χ2n) is 6.51. The van der Waals surface area contributed by atoms with Crippen molar-refractivity contribution in [2.75, 3.05) is 18.4 Å². The molecule has 1 fully saturated rings. The first kappa shape index (κ1) is 16.0. The van der Waals surface area contributed by atoms with Gasteiger partial charge in [0.15, 0.2) is 5.65 Å². The van der Waals surface area contributed by atoms with Gasteiger partial charge in [0.05, 0.1) is 11.6 Å². The quantitative estimate of drug-likeness (QED) is 0.791. The van der Waals surface area contributed by atoms with Crippen LogP contribution < -0.4 is 5.32 Å². The number of rotatable bonds is 4. The zero-order chi connectivity index (χ0) is 17.2. The van der Waals surface area contributed by atoms with Crippen LogP contribution >= 0.6 is 0 Å². The number of fused-ring (bicyclic) bond motifs is 1. The molecule has 0 spiro atoms. The molecule has 1 N–H and O–H groups in total. The van der Waals surface area contributed by atoms with Crippen molar-refractivity contribution in [2.24, 2.45) is 7.05 Å². The van der Waals surface area contributed by atoms with E-state index in [1.54, 1.807) is 23.3 Å². The number of hydrogen-bond donors (Lipinski definition) is 1. The minimum atomic E-state index is -0.122. The molecule has 0 atom stereocenters. The molecular weight excluding hydrogens is 319 g/mol. The molecule has 6 nitrogen and oxygen atoms in total. The fraction of sp³-hybridized carbons (Fsp3) is 0.389. The monoisotopic (exact) mass is 340 g/mol. The van der Waals surface area contributed by atoms with Crippen LogP contribution in [0.2, 0.25) is 0 Å². The Labute approximate surface area is 145 Å². The molecule has 4 rings (SSSR count). The van der Waals surface area contributed by atoms with Crippen molar-refractivity contribution in [2.45, 2.75) is 25.4 Å². The smallest absolute Gasteiger partial charge is 0.163 e. The third kappa shape index (κ3) is 3.32. The second kappa shape index (κ2) is 6.76. The van der Waals surface area contributed by atoms with Gasteiger partial charge in [0.1, 0.15) is 18.0 Å². The lowest BCUT2D eigenvalue weighted by Crippen LogP contribution is -2.39. The van der Waals surface area contributed by atoms with E-state index in [0.29, 0.717) is 12.6 Å². The number of likely N-dealkylation sites (tertiary alicyclic amines) is 1. The number of aromatic nitrogens is 4. The number of hydrogen-bond acceptors (Lipinski definition) is 5. The van der Waals surface area contributed by atoms with Gasteiger partial charge in [-0.2, -0.15) is 5.10 Å². The van der Waals surface area contributed by atoms with Crippen LogP contribution in [0, 0.1) is 5.82 Å². The molecule has 25 heavy (non-hydrogen) atoms. The maximum absolute atomic E-state index is 13.8. The Balaban J connectivity index is 1.38. The summed E-state index contributed by atoms with van der Waals surface area (Å²) < 4.78 is 15.5. The first-order chi connectivity index (χ1) is 12.2. The lowest BCUT2D eigenvalue weighted by Gasteiger charge is -2.32. The summed E-state index contributed by atoms with van der Waals surface area (Å²) in [4.78, 5) is 10.9. The molecule has 3 heterocycles. The van der Waals surface area contributed by atoms with Crippen molar-refractivity contribution < 1.29 is 4.39 Å². The highest BCUT2D eigenvalue weighted by atomic mass is 19.1. The summed E-state index contributed by atoms with van der Waals surface area (Å²) in [5.74, 6) is 0.716. The van der Waals surface area contributed by atoms with Gasteiger partial charge in [0.2, 0.25) is 0 Å². The van der Waals surface area contributed by atoms with Crippen molar-refractivity contribution in [3.63, 3.8) is 0 Å². The molecule has 130 valence electrons. The standard InChI is InChI=1S/C18H21FN6/c1-24-18-15(10-22-24)17(20-12-21-18)23-14-6-8-25(9-7-14)11-13-4-2-3-5-16(13)19/h2-5,10,12,14H,6-9,11H2,1H3,(H,20,21,23). The van der Waals surface area contributed by atoms with Crippen LogP contribution in [0.25, 0.3) is 11.0 Å². The molecule has 1 aliphatic rings. The lowest BCUT2D eigenvalue weighted by atomic mass is 10.0. The number of nitrogens with one attached hydrogen (secondary N) is 1. The largest absolute Gasteiger partial charge is 0.367 e. The first-order valence-corrected chi connectivity index (χ1v) is 8.56. The molecule has 7 heteroatoms. The van der Waals surface area contributed by atoms with Gasteiger partial charge in [0.25, 0.3) is 0 Å². The van der Waals surface area contributed by atoms with Crippen LogP contribution in [-0.2, 0) is 13.6 Å². The molecule has 0 saturated carbocycles. The lowest BCUT2D eigenvalue weighted by molar-refractivity contribution is 0.209. The van der Waals surface area contributed by atoms with Gasteiger partial charge < -0.3 is 5.32 Å². The van der Waals surface area contributed by atoms with E-state index in [2.05, 4.69) is 25.3 Å². The predicted octanol–water partition coefficient (Wildman–Crippen LogP) is 2.58. The van der Waals surface area contributed by atoms with Gasteiger partial charge in [0, 0.05) is 38.3 Å². The number of aryl methyl sites for hydroxylation is 1. The summed E-state index contributed by atoms with van der Waals surface area (Å²) in [6.07, 6.45) is 5.37. The molecule has 0 bridgehead atoms. The number of piperidine rings is 1. The third-order valence-corrected chi connectivity index (χ3v) is 4.81. The highest BCUT2D eigenvalue weighted by Gasteiger charge is 2.21. The molecule has 2 aromatic heterocycles. The summed E-state index contributed by atoms with van der Waals surface area (Å²) >= 11 is 0. The summed E-state index contributed by atoms with van der Waals surface area (Å²) in [7, 11) is 1.88. The average molecular weight is 340 g/mol. The Morgan fingerprint density at radius 2 is 2.00 bits per heavy atom. The summed E-state index contributed by atoms with van der Waals surface area (Å²) in [6.45, 7) is 2.54. The van der Waals surface area contributed by atoms with Crippen molar-refractivity contribution in [1.82, 2.24) is 24.6 Å². The van der Waals surface area contributed by atoms with E-state index in [0.717, 1.165) is 48.3 Å². The van der Waals surface area contributed by atoms with Crippen LogP contribution in [0.4, 0.5) is 10.2 Å². The van der Waals surface area contributed by atoms with Crippen molar-refractivity contribution >= 4 is 16.9 Å². The van der Waals surface area contributed by atoms with Gasteiger partial charge in [-0.1, -0.05) is 18.2 Å². The number of anilines is 1. The van der Waals surface area contributed by atoms with Crippen LogP contribution in [0.5, 0.6) is 0 Å². The molecular formula is C18H21FN6. The maximum Gasteiger partial charge on any atom is 0.163 e. The van der Waals surface area contributed by atoms with Crippen LogP contribution in [0.15, 0.2) is 36.8 Å². The van der Waals surface area contributed by atoms with E-state index in [4.69, 9.17) is 0 Å². The van der Waals surface area contributed by atoms with E-state index in [1.807, 2.05) is 19.2 Å². The average Bonchev–Trinajstić information content (AvgIpc) is 3.01. The summed E-state index contributed by atoms with van der Waals surface area (Å²) in [5.41, 5.74) is 1.59. The zero-order valence-corrected chi connectivity index (χ0v) is 14.2. The molecule has 3 aromatic rings. The molecule has 1 saturated heterocycles. The normalized spacial score (nSPS) is 16.4. The Kier molecular flexibility index (Phi) is 4.31. The second-order valence-corrected chi connectivity index (χ2v) is 6.51. The van der Waals surface area contributed by atoms with Crippen LogP contribution in [-0.4, -0.2) is 43.8 Å². The molecule has 1 aromatic carbocycles. The Hall–Kier alpha value is -2.54. The molecule has 1 aliphatic heterocycles. The minimum absolute atomic E-state index is 0.122. The third-order valence-electron chi connectivity index (χ3n) is 4.81. The van der Waals surface area contributed by atoms with Gasteiger partial charge in [-0.05, 0) is 18.9 Å². The molecule has 0 unspecified atom stereocenters.